The Hall–Kier alpha value is -2.81. The average Bonchev–Trinajstić information content (AvgIpc) is 2.48. The fraction of sp³-hybridized carbons (Fsp3) is 0. The van der Waals surface area contributed by atoms with E-state index < -0.39 is 0 Å². The second kappa shape index (κ2) is 5.05. The van der Waals surface area contributed by atoms with Gasteiger partial charge in [-0.15, -0.1) is 0 Å². The van der Waals surface area contributed by atoms with Gasteiger partial charge in [0.2, 0.25) is 0 Å². The highest BCUT2D eigenvalue weighted by molar-refractivity contribution is 6.09. The molecule has 0 bridgehead atoms. The van der Waals surface area contributed by atoms with Crippen LogP contribution in [0.25, 0.3) is 10.8 Å². The zero-order valence-electron chi connectivity index (χ0n) is 10.7. The monoisotopic (exact) mass is 263 g/mol. The molecule has 0 radical (unpaired) electrons. The third-order valence-electron chi connectivity index (χ3n) is 3.15. The van der Waals surface area contributed by atoms with E-state index in [-0.39, 0.29) is 11.7 Å². The maximum absolute atomic E-state index is 12.2. The van der Waals surface area contributed by atoms with Crippen molar-refractivity contribution in [3.8, 4) is 5.75 Å². The van der Waals surface area contributed by atoms with E-state index in [1.54, 1.807) is 30.3 Å². The molecule has 0 aromatic heterocycles. The highest BCUT2D eigenvalue weighted by Gasteiger charge is 2.07. The largest absolute Gasteiger partial charge is 0.508 e. The number of carbonyl (C=O) groups is 1. The Kier molecular flexibility index (Phi) is 3.09. The van der Waals surface area contributed by atoms with Gasteiger partial charge in [0.1, 0.15) is 5.75 Å². The van der Waals surface area contributed by atoms with Crippen molar-refractivity contribution in [2.45, 2.75) is 0 Å². The SMILES string of the molecule is O=C(Nc1cccc2cc(O)ccc12)c1ccccc1. The van der Waals surface area contributed by atoms with Crippen molar-refractivity contribution in [1.82, 2.24) is 0 Å². The molecule has 2 N–H and O–H groups in total. The van der Waals surface area contributed by atoms with E-state index in [1.165, 1.54) is 0 Å². The smallest absolute Gasteiger partial charge is 0.255 e. The number of aromatic hydroxyl groups is 1. The van der Waals surface area contributed by atoms with Crippen LogP contribution in [-0.4, -0.2) is 11.0 Å². The molecule has 3 heteroatoms. The Bertz CT molecular complexity index is 766. The van der Waals surface area contributed by atoms with Crippen molar-refractivity contribution >= 4 is 22.4 Å². The van der Waals surface area contributed by atoms with Crippen molar-refractivity contribution in [2.75, 3.05) is 5.32 Å². The van der Waals surface area contributed by atoms with Crippen LogP contribution in [0.5, 0.6) is 5.75 Å². The summed E-state index contributed by atoms with van der Waals surface area (Å²) in [5, 5.41) is 14.2. The molecule has 0 aliphatic carbocycles. The molecule has 3 nitrogen and oxygen atoms in total. The van der Waals surface area contributed by atoms with Crippen molar-refractivity contribution in [1.29, 1.82) is 0 Å². The van der Waals surface area contributed by atoms with Crippen molar-refractivity contribution < 1.29 is 9.90 Å². The Morgan fingerprint density at radius 1 is 0.900 bits per heavy atom. The molecule has 98 valence electrons. The molecule has 0 saturated heterocycles. The Labute approximate surface area is 116 Å². The predicted octanol–water partition coefficient (Wildman–Crippen LogP) is 3.80. The van der Waals surface area contributed by atoms with Gasteiger partial charge in [0, 0.05) is 16.6 Å². The number of fused-ring (bicyclic) bond motifs is 1. The molecule has 3 rings (SSSR count). The first-order valence-electron chi connectivity index (χ1n) is 6.32. The van der Waals surface area contributed by atoms with Gasteiger partial charge in [-0.05, 0) is 41.8 Å². The van der Waals surface area contributed by atoms with E-state index in [4.69, 9.17) is 0 Å². The van der Waals surface area contributed by atoms with Gasteiger partial charge >= 0.3 is 0 Å². The number of anilines is 1. The second-order valence-electron chi connectivity index (χ2n) is 4.53. The van der Waals surface area contributed by atoms with Gasteiger partial charge in [0.05, 0.1) is 0 Å². The summed E-state index contributed by atoms with van der Waals surface area (Å²) in [5.74, 6) is 0.0650. The van der Waals surface area contributed by atoms with Crippen LogP contribution in [0.3, 0.4) is 0 Å². The molecule has 0 aliphatic heterocycles. The molecule has 0 spiro atoms. The zero-order chi connectivity index (χ0) is 13.9. The predicted molar refractivity (Wildman–Crippen MR) is 80.0 cm³/mol. The lowest BCUT2D eigenvalue weighted by molar-refractivity contribution is 0.102. The van der Waals surface area contributed by atoms with Gasteiger partial charge in [-0.3, -0.25) is 4.79 Å². The van der Waals surface area contributed by atoms with Gasteiger partial charge in [-0.1, -0.05) is 30.3 Å². The highest BCUT2D eigenvalue weighted by Crippen LogP contribution is 2.26. The van der Waals surface area contributed by atoms with E-state index in [1.807, 2.05) is 36.4 Å². The second-order valence-corrected chi connectivity index (χ2v) is 4.53. The van der Waals surface area contributed by atoms with Crippen LogP contribution in [0, 0.1) is 0 Å². The summed E-state index contributed by atoms with van der Waals surface area (Å²) >= 11 is 0. The molecule has 0 aliphatic rings. The van der Waals surface area contributed by atoms with E-state index in [9.17, 15) is 9.90 Å². The molecule has 0 heterocycles. The minimum Gasteiger partial charge on any atom is -0.508 e. The standard InChI is InChI=1S/C17H13NO2/c19-14-9-10-15-13(11-14)7-4-8-16(15)18-17(20)12-5-2-1-3-6-12/h1-11,19H,(H,18,20). The van der Waals surface area contributed by atoms with Crippen LogP contribution >= 0.6 is 0 Å². The maximum Gasteiger partial charge on any atom is 0.255 e. The Morgan fingerprint density at radius 3 is 2.50 bits per heavy atom. The van der Waals surface area contributed by atoms with Gasteiger partial charge in [-0.25, -0.2) is 0 Å². The first kappa shape index (κ1) is 12.2. The molecule has 20 heavy (non-hydrogen) atoms. The Balaban J connectivity index is 1.97. The van der Waals surface area contributed by atoms with Crippen molar-refractivity contribution in [2.24, 2.45) is 0 Å². The van der Waals surface area contributed by atoms with E-state index in [2.05, 4.69) is 5.32 Å². The number of amides is 1. The molecule has 0 unspecified atom stereocenters. The molecule has 1 amide bonds. The number of phenols is 1. The van der Waals surface area contributed by atoms with Crippen LogP contribution in [-0.2, 0) is 0 Å². The first-order valence-corrected chi connectivity index (χ1v) is 6.32. The molecule has 0 saturated carbocycles. The number of phenolic OH excluding ortho intramolecular Hbond substituents is 1. The minimum absolute atomic E-state index is 0.147. The minimum atomic E-state index is -0.147. The zero-order valence-corrected chi connectivity index (χ0v) is 10.7. The van der Waals surface area contributed by atoms with Crippen LogP contribution in [0.2, 0.25) is 0 Å². The lowest BCUT2D eigenvalue weighted by Crippen LogP contribution is -2.11. The van der Waals surface area contributed by atoms with Gasteiger partial charge in [-0.2, -0.15) is 0 Å². The van der Waals surface area contributed by atoms with E-state index in [0.717, 1.165) is 16.5 Å². The summed E-state index contributed by atoms with van der Waals surface area (Å²) in [6.07, 6.45) is 0. The summed E-state index contributed by atoms with van der Waals surface area (Å²) in [6.45, 7) is 0. The molecule has 3 aromatic carbocycles. The van der Waals surface area contributed by atoms with Crippen LogP contribution < -0.4 is 5.32 Å². The van der Waals surface area contributed by atoms with Crippen molar-refractivity contribution in [3.05, 3.63) is 72.3 Å². The Morgan fingerprint density at radius 2 is 1.70 bits per heavy atom. The van der Waals surface area contributed by atoms with Crippen molar-refractivity contribution in [3.63, 3.8) is 0 Å². The maximum atomic E-state index is 12.2. The van der Waals surface area contributed by atoms with Crippen LogP contribution in [0.1, 0.15) is 10.4 Å². The third-order valence-corrected chi connectivity index (χ3v) is 3.15. The van der Waals surface area contributed by atoms with E-state index in [0.29, 0.717) is 5.56 Å². The van der Waals surface area contributed by atoms with Gasteiger partial charge in [0.25, 0.3) is 5.91 Å². The first-order chi connectivity index (χ1) is 9.74. The number of rotatable bonds is 2. The number of hydrogen-bond donors (Lipinski definition) is 2. The molecule has 0 atom stereocenters. The lowest BCUT2D eigenvalue weighted by Gasteiger charge is -2.09. The summed E-state index contributed by atoms with van der Waals surface area (Å²) in [7, 11) is 0. The average molecular weight is 263 g/mol. The summed E-state index contributed by atoms with van der Waals surface area (Å²) in [4.78, 5) is 12.2. The third kappa shape index (κ3) is 2.34. The highest BCUT2D eigenvalue weighted by atomic mass is 16.3. The van der Waals surface area contributed by atoms with Gasteiger partial charge in [0.15, 0.2) is 0 Å². The molecular weight excluding hydrogens is 250 g/mol. The molecule has 3 aromatic rings. The van der Waals surface area contributed by atoms with E-state index >= 15 is 0 Å². The summed E-state index contributed by atoms with van der Waals surface area (Å²) < 4.78 is 0. The number of nitrogens with one attached hydrogen (secondary N) is 1. The topological polar surface area (TPSA) is 49.3 Å². The number of carbonyl (C=O) groups excluding carboxylic acids is 1. The quantitative estimate of drug-likeness (QED) is 0.738. The number of hydrogen-bond acceptors (Lipinski definition) is 2. The van der Waals surface area contributed by atoms with Gasteiger partial charge < -0.3 is 10.4 Å². The fourth-order valence-electron chi connectivity index (χ4n) is 2.16. The summed E-state index contributed by atoms with van der Waals surface area (Å²) in [6, 6.07) is 19.7. The summed E-state index contributed by atoms with van der Waals surface area (Å²) in [5.41, 5.74) is 1.35. The van der Waals surface area contributed by atoms with Crippen LogP contribution in [0.15, 0.2) is 66.7 Å². The number of benzene rings is 3. The molecule has 0 fully saturated rings. The normalized spacial score (nSPS) is 10.4. The van der Waals surface area contributed by atoms with Crippen LogP contribution in [0.4, 0.5) is 5.69 Å². The molecular formula is C17H13NO2. The fourth-order valence-corrected chi connectivity index (χ4v) is 2.16. The lowest BCUT2D eigenvalue weighted by atomic mass is 10.1.